The van der Waals surface area contributed by atoms with E-state index >= 15 is 0 Å². The summed E-state index contributed by atoms with van der Waals surface area (Å²) in [5.74, 6) is -0.404. The second-order valence-corrected chi connectivity index (χ2v) is 5.23. The zero-order valence-electron chi connectivity index (χ0n) is 13.1. The number of nitrogens with zero attached hydrogens (tertiary/aromatic N) is 1. The Morgan fingerprint density at radius 1 is 0.875 bits per heavy atom. The van der Waals surface area contributed by atoms with Gasteiger partial charge in [0.2, 0.25) is 0 Å². The van der Waals surface area contributed by atoms with Crippen LogP contribution in [0, 0.1) is 0 Å². The molecule has 3 aromatic rings. The van der Waals surface area contributed by atoms with Crippen molar-refractivity contribution in [3.8, 4) is 0 Å². The lowest BCUT2D eigenvalue weighted by molar-refractivity contribution is -0.141. The Bertz CT molecular complexity index is 760. The van der Waals surface area contributed by atoms with E-state index in [0.29, 0.717) is 5.69 Å². The van der Waals surface area contributed by atoms with Crippen molar-refractivity contribution in [1.29, 1.82) is 0 Å². The highest BCUT2D eigenvalue weighted by molar-refractivity contribution is 5.87. The summed E-state index contributed by atoms with van der Waals surface area (Å²) < 4.78 is 5.66. The molecule has 3 rings (SSSR count). The summed E-state index contributed by atoms with van der Waals surface area (Å²) in [5, 5.41) is 0. The van der Waals surface area contributed by atoms with Crippen LogP contribution in [0.4, 0.5) is 0 Å². The maximum atomic E-state index is 12.2. The number of ether oxygens (including phenoxy) is 1. The van der Waals surface area contributed by atoms with Crippen LogP contribution in [0.1, 0.15) is 22.9 Å². The predicted molar refractivity (Wildman–Crippen MR) is 94.1 cm³/mol. The number of hydrogen-bond acceptors (Lipinski definition) is 3. The molecule has 0 fully saturated rings. The average molecular weight is 315 g/mol. The van der Waals surface area contributed by atoms with Gasteiger partial charge in [-0.05, 0) is 29.3 Å². The maximum Gasteiger partial charge on any atom is 0.331 e. The highest BCUT2D eigenvalue weighted by Gasteiger charge is 2.18. The van der Waals surface area contributed by atoms with Gasteiger partial charge in [-0.15, -0.1) is 0 Å². The topological polar surface area (TPSA) is 39.2 Å². The number of carbonyl (C=O) groups excluding carboxylic acids is 1. The van der Waals surface area contributed by atoms with Crippen LogP contribution in [-0.4, -0.2) is 11.0 Å². The molecule has 0 saturated carbocycles. The molecule has 0 saturated heterocycles. The lowest BCUT2D eigenvalue weighted by atomic mass is 10.1. The minimum absolute atomic E-state index is 0.404. The molecular weight excluding hydrogens is 298 g/mol. The summed E-state index contributed by atoms with van der Waals surface area (Å²) in [5.41, 5.74) is 2.53. The fourth-order valence-corrected chi connectivity index (χ4v) is 2.34. The number of rotatable bonds is 5. The van der Waals surface area contributed by atoms with Crippen molar-refractivity contribution in [2.24, 2.45) is 0 Å². The lowest BCUT2D eigenvalue weighted by Gasteiger charge is -2.16. The van der Waals surface area contributed by atoms with E-state index in [2.05, 4.69) is 4.98 Å². The summed E-state index contributed by atoms with van der Waals surface area (Å²) in [6, 6.07) is 24.8. The normalized spacial score (nSPS) is 12.0. The Morgan fingerprint density at radius 3 is 2.21 bits per heavy atom. The molecule has 1 heterocycles. The van der Waals surface area contributed by atoms with Gasteiger partial charge in [0.1, 0.15) is 0 Å². The molecule has 0 amide bonds. The molecule has 1 aromatic heterocycles. The van der Waals surface area contributed by atoms with E-state index in [9.17, 15) is 4.79 Å². The second kappa shape index (κ2) is 7.88. The third-order valence-corrected chi connectivity index (χ3v) is 3.50. The highest BCUT2D eigenvalue weighted by Crippen LogP contribution is 2.24. The zero-order valence-corrected chi connectivity index (χ0v) is 13.1. The molecule has 0 bridgehead atoms. The molecule has 3 heteroatoms. The van der Waals surface area contributed by atoms with Crippen molar-refractivity contribution in [1.82, 2.24) is 4.98 Å². The van der Waals surface area contributed by atoms with Crippen molar-refractivity contribution in [2.75, 3.05) is 0 Å². The van der Waals surface area contributed by atoms with Gasteiger partial charge in [0.05, 0.1) is 5.69 Å². The standard InChI is InChI=1S/C21H17NO2/c23-20(15-14-17-9-3-1-4-10-17)24-21(18-11-5-2-6-12-18)19-13-7-8-16-22-19/h1-16,21H/b15-14+. The summed E-state index contributed by atoms with van der Waals surface area (Å²) in [6.45, 7) is 0. The summed E-state index contributed by atoms with van der Waals surface area (Å²) in [6.07, 6.45) is 4.34. The quantitative estimate of drug-likeness (QED) is 0.516. The molecule has 1 atom stereocenters. The van der Waals surface area contributed by atoms with Crippen molar-refractivity contribution in [3.05, 3.63) is 108 Å². The smallest absolute Gasteiger partial charge is 0.331 e. The molecule has 0 N–H and O–H groups in total. The first kappa shape index (κ1) is 15.7. The van der Waals surface area contributed by atoms with Crippen LogP contribution in [0.25, 0.3) is 6.08 Å². The molecule has 0 radical (unpaired) electrons. The number of benzene rings is 2. The largest absolute Gasteiger partial charge is 0.448 e. The van der Waals surface area contributed by atoms with E-state index in [0.717, 1.165) is 11.1 Å². The first-order valence-electron chi connectivity index (χ1n) is 7.72. The van der Waals surface area contributed by atoms with Gasteiger partial charge in [-0.2, -0.15) is 0 Å². The minimum atomic E-state index is -0.527. The van der Waals surface area contributed by atoms with Crippen LogP contribution in [0.3, 0.4) is 0 Å². The zero-order chi connectivity index (χ0) is 16.6. The number of aromatic nitrogens is 1. The third-order valence-electron chi connectivity index (χ3n) is 3.50. The average Bonchev–Trinajstić information content (AvgIpc) is 2.67. The Kier molecular flexibility index (Phi) is 5.15. The predicted octanol–water partition coefficient (Wildman–Crippen LogP) is 4.43. The summed E-state index contributed by atoms with van der Waals surface area (Å²) >= 11 is 0. The van der Waals surface area contributed by atoms with Gasteiger partial charge < -0.3 is 4.74 Å². The number of hydrogen-bond donors (Lipinski definition) is 0. The van der Waals surface area contributed by atoms with Gasteiger partial charge in [0.15, 0.2) is 6.10 Å². The van der Waals surface area contributed by atoms with Crippen LogP contribution in [-0.2, 0) is 9.53 Å². The molecule has 24 heavy (non-hydrogen) atoms. The molecule has 1 unspecified atom stereocenters. The first-order valence-corrected chi connectivity index (χ1v) is 7.72. The van der Waals surface area contributed by atoms with Crippen LogP contribution >= 0.6 is 0 Å². The molecule has 0 aliphatic heterocycles. The molecule has 0 aliphatic rings. The van der Waals surface area contributed by atoms with E-state index in [-0.39, 0.29) is 0 Å². The second-order valence-electron chi connectivity index (χ2n) is 5.23. The fourth-order valence-electron chi connectivity index (χ4n) is 2.34. The number of pyridine rings is 1. The lowest BCUT2D eigenvalue weighted by Crippen LogP contribution is -2.12. The van der Waals surface area contributed by atoms with E-state index in [1.165, 1.54) is 6.08 Å². The molecule has 118 valence electrons. The van der Waals surface area contributed by atoms with E-state index in [4.69, 9.17) is 4.74 Å². The van der Waals surface area contributed by atoms with Crippen molar-refractivity contribution in [3.63, 3.8) is 0 Å². The third kappa shape index (κ3) is 4.17. The Balaban J connectivity index is 1.80. The summed E-state index contributed by atoms with van der Waals surface area (Å²) in [7, 11) is 0. The minimum Gasteiger partial charge on any atom is -0.448 e. The Hall–Kier alpha value is -3.20. The summed E-state index contributed by atoms with van der Waals surface area (Å²) in [4.78, 5) is 16.6. The molecule has 0 aliphatic carbocycles. The number of esters is 1. The molecule has 2 aromatic carbocycles. The monoisotopic (exact) mass is 315 g/mol. The van der Waals surface area contributed by atoms with Gasteiger partial charge in [0, 0.05) is 12.3 Å². The Labute approximate surface area is 141 Å². The SMILES string of the molecule is O=C(/C=C/c1ccccc1)OC(c1ccccc1)c1ccccn1. The number of carbonyl (C=O) groups is 1. The van der Waals surface area contributed by atoms with Gasteiger partial charge in [-0.1, -0.05) is 66.7 Å². The van der Waals surface area contributed by atoms with Crippen LogP contribution in [0.2, 0.25) is 0 Å². The van der Waals surface area contributed by atoms with E-state index in [1.807, 2.05) is 78.9 Å². The maximum absolute atomic E-state index is 12.2. The van der Waals surface area contributed by atoms with Crippen LogP contribution in [0.5, 0.6) is 0 Å². The van der Waals surface area contributed by atoms with Gasteiger partial charge in [-0.25, -0.2) is 4.79 Å². The van der Waals surface area contributed by atoms with E-state index < -0.39 is 12.1 Å². The van der Waals surface area contributed by atoms with E-state index in [1.54, 1.807) is 12.3 Å². The molecular formula is C21H17NO2. The van der Waals surface area contributed by atoms with Crippen molar-refractivity contribution >= 4 is 12.0 Å². The van der Waals surface area contributed by atoms with Gasteiger partial charge >= 0.3 is 5.97 Å². The first-order chi connectivity index (χ1) is 11.8. The van der Waals surface area contributed by atoms with Crippen molar-refractivity contribution in [2.45, 2.75) is 6.10 Å². The van der Waals surface area contributed by atoms with Gasteiger partial charge in [-0.3, -0.25) is 4.98 Å². The van der Waals surface area contributed by atoms with Crippen LogP contribution < -0.4 is 0 Å². The fraction of sp³-hybridized carbons (Fsp3) is 0.0476. The highest BCUT2D eigenvalue weighted by atomic mass is 16.5. The van der Waals surface area contributed by atoms with Crippen molar-refractivity contribution < 1.29 is 9.53 Å². The molecule has 0 spiro atoms. The molecule has 3 nitrogen and oxygen atoms in total. The Morgan fingerprint density at radius 2 is 1.54 bits per heavy atom. The van der Waals surface area contributed by atoms with Crippen LogP contribution in [0.15, 0.2) is 91.1 Å². The van der Waals surface area contributed by atoms with Gasteiger partial charge in [0.25, 0.3) is 0 Å².